The highest BCUT2D eigenvalue weighted by atomic mass is 35.5. The lowest BCUT2D eigenvalue weighted by Gasteiger charge is -2.07. The number of H-pyrrole nitrogens is 2. The summed E-state index contributed by atoms with van der Waals surface area (Å²) < 4.78 is 5.36. The van der Waals surface area contributed by atoms with E-state index in [1.165, 1.54) is 7.05 Å². The number of halogens is 1. The number of aromatic nitrogens is 4. The van der Waals surface area contributed by atoms with Crippen molar-refractivity contribution < 1.29 is 14.6 Å². The van der Waals surface area contributed by atoms with Gasteiger partial charge < -0.3 is 25.4 Å². The second kappa shape index (κ2) is 11.0. The number of carbonyl (C=O) groups excluding carboxylic acids is 1. The Balaban J connectivity index is 0.000000707. The standard InChI is InChI=1S/C18H15ClN4O2.CH5N.CH2O/c19-12-9-11(5-6-17(12)25-8-7-24)15-10-16(23-22-15)18-20-13-3-1-2-4-14(13)21-18;2*1-2/h1-6,9-10,24H,7-8H2,(H,20,21)(H,22,23);2H2,1H3;1H2. The molecule has 2 aromatic heterocycles. The molecule has 0 aliphatic carbocycles. The van der Waals surface area contributed by atoms with Gasteiger partial charge in [-0.3, -0.25) is 5.10 Å². The van der Waals surface area contributed by atoms with E-state index in [1.54, 1.807) is 12.1 Å². The number of imidazole rings is 1. The Morgan fingerprint density at radius 3 is 2.62 bits per heavy atom. The summed E-state index contributed by atoms with van der Waals surface area (Å²) >= 11 is 6.23. The summed E-state index contributed by atoms with van der Waals surface area (Å²) in [6.45, 7) is 2.15. The smallest absolute Gasteiger partial charge is 0.156 e. The van der Waals surface area contributed by atoms with Gasteiger partial charge in [0.1, 0.15) is 24.8 Å². The molecule has 0 aliphatic rings. The highest BCUT2D eigenvalue weighted by Crippen LogP contribution is 2.31. The fourth-order valence-electron chi connectivity index (χ4n) is 2.60. The zero-order valence-electron chi connectivity index (χ0n) is 15.9. The summed E-state index contributed by atoms with van der Waals surface area (Å²) in [4.78, 5) is 15.8. The molecule has 2 aromatic carbocycles. The molecule has 0 radical (unpaired) electrons. The second-order valence-electron chi connectivity index (χ2n) is 5.49. The molecular weight excluding hydrogens is 394 g/mol. The first kappa shape index (κ1) is 22.1. The number of fused-ring (bicyclic) bond motifs is 1. The van der Waals surface area contributed by atoms with E-state index in [2.05, 4.69) is 25.9 Å². The van der Waals surface area contributed by atoms with Crippen LogP contribution in [0.25, 0.3) is 33.8 Å². The summed E-state index contributed by atoms with van der Waals surface area (Å²) in [5.41, 5.74) is 8.79. The van der Waals surface area contributed by atoms with Gasteiger partial charge in [0, 0.05) is 5.56 Å². The molecule has 2 heterocycles. The van der Waals surface area contributed by atoms with Crippen LogP contribution in [0.2, 0.25) is 5.02 Å². The number of rotatable bonds is 5. The number of nitrogens with two attached hydrogens (primary N) is 1. The predicted molar refractivity (Wildman–Crippen MR) is 114 cm³/mol. The molecule has 8 nitrogen and oxygen atoms in total. The van der Waals surface area contributed by atoms with Crippen LogP contribution in [0, 0.1) is 0 Å². The van der Waals surface area contributed by atoms with Gasteiger partial charge in [0.05, 0.1) is 28.4 Å². The number of aromatic amines is 2. The van der Waals surface area contributed by atoms with Crippen LogP contribution in [0.15, 0.2) is 48.5 Å². The van der Waals surface area contributed by atoms with Gasteiger partial charge in [-0.1, -0.05) is 23.7 Å². The maximum atomic E-state index is 8.82. The van der Waals surface area contributed by atoms with E-state index in [1.807, 2.05) is 43.2 Å². The Kier molecular flexibility index (Phi) is 8.35. The van der Waals surface area contributed by atoms with Crippen LogP contribution in [-0.2, 0) is 4.79 Å². The van der Waals surface area contributed by atoms with Crippen molar-refractivity contribution in [1.29, 1.82) is 0 Å². The van der Waals surface area contributed by atoms with E-state index in [0.717, 1.165) is 33.8 Å². The van der Waals surface area contributed by atoms with Crippen molar-refractivity contribution in [3.8, 4) is 28.5 Å². The summed E-state index contributed by atoms with van der Waals surface area (Å²) in [5, 5.41) is 16.6. The van der Waals surface area contributed by atoms with Crippen LogP contribution in [-0.4, -0.2) is 52.3 Å². The van der Waals surface area contributed by atoms with Crippen molar-refractivity contribution in [3.63, 3.8) is 0 Å². The molecule has 0 saturated heterocycles. The number of aliphatic hydroxyl groups excluding tert-OH is 1. The summed E-state index contributed by atoms with van der Waals surface area (Å²) in [6.07, 6.45) is 0. The molecular formula is C20H22ClN5O3. The zero-order chi connectivity index (χ0) is 21.2. The van der Waals surface area contributed by atoms with Gasteiger partial charge in [0.25, 0.3) is 0 Å². The van der Waals surface area contributed by atoms with Crippen molar-refractivity contribution in [2.45, 2.75) is 0 Å². The van der Waals surface area contributed by atoms with Gasteiger partial charge in [-0.15, -0.1) is 0 Å². The molecule has 0 aliphatic heterocycles. The molecule has 0 saturated carbocycles. The van der Waals surface area contributed by atoms with Crippen molar-refractivity contribution >= 4 is 29.4 Å². The quantitative estimate of drug-likeness (QED) is 0.396. The van der Waals surface area contributed by atoms with Gasteiger partial charge in [-0.2, -0.15) is 5.10 Å². The van der Waals surface area contributed by atoms with Crippen LogP contribution in [0.5, 0.6) is 5.75 Å². The topological polar surface area (TPSA) is 130 Å². The molecule has 152 valence electrons. The lowest BCUT2D eigenvalue weighted by molar-refractivity contribution is -0.0979. The Labute approximate surface area is 172 Å². The zero-order valence-corrected chi connectivity index (χ0v) is 16.6. The van der Waals surface area contributed by atoms with Crippen LogP contribution in [0.3, 0.4) is 0 Å². The highest BCUT2D eigenvalue weighted by molar-refractivity contribution is 6.32. The molecule has 4 rings (SSSR count). The number of aliphatic hydroxyl groups is 1. The SMILES string of the molecule is C=O.CN.OCCOc1ccc(-c2cc(-c3nc4ccccc4[nH]3)[nH]n2)cc1Cl. The Hall–Kier alpha value is -3.20. The number of hydrogen-bond donors (Lipinski definition) is 4. The van der Waals surface area contributed by atoms with Gasteiger partial charge in [0.15, 0.2) is 5.82 Å². The molecule has 4 aromatic rings. The van der Waals surface area contributed by atoms with Crippen molar-refractivity contribution in [2.75, 3.05) is 20.3 Å². The van der Waals surface area contributed by atoms with E-state index in [4.69, 9.17) is 26.2 Å². The van der Waals surface area contributed by atoms with Crippen LogP contribution in [0.4, 0.5) is 0 Å². The number of para-hydroxylation sites is 2. The lowest BCUT2D eigenvalue weighted by Crippen LogP contribution is -2.01. The molecule has 0 unspecified atom stereocenters. The highest BCUT2D eigenvalue weighted by Gasteiger charge is 2.11. The third-order valence-corrected chi connectivity index (χ3v) is 4.09. The van der Waals surface area contributed by atoms with Gasteiger partial charge in [-0.05, 0) is 43.4 Å². The Bertz CT molecular complexity index is 1010. The first-order valence-electron chi connectivity index (χ1n) is 8.65. The van der Waals surface area contributed by atoms with E-state index >= 15 is 0 Å². The van der Waals surface area contributed by atoms with E-state index in [9.17, 15) is 0 Å². The van der Waals surface area contributed by atoms with E-state index in [-0.39, 0.29) is 13.2 Å². The van der Waals surface area contributed by atoms with Crippen LogP contribution in [0.1, 0.15) is 0 Å². The van der Waals surface area contributed by atoms with Gasteiger partial charge >= 0.3 is 0 Å². The first-order chi connectivity index (χ1) is 14.2. The minimum atomic E-state index is -0.0572. The normalized spacial score (nSPS) is 9.93. The van der Waals surface area contributed by atoms with Crippen molar-refractivity contribution in [3.05, 3.63) is 53.6 Å². The summed E-state index contributed by atoms with van der Waals surface area (Å²) in [7, 11) is 1.50. The number of ether oxygens (including phenoxy) is 1. The molecule has 0 spiro atoms. The largest absolute Gasteiger partial charge is 0.490 e. The van der Waals surface area contributed by atoms with Crippen LogP contribution < -0.4 is 10.5 Å². The van der Waals surface area contributed by atoms with Gasteiger partial charge in [-0.25, -0.2) is 4.98 Å². The number of benzene rings is 2. The van der Waals surface area contributed by atoms with Gasteiger partial charge in [0.2, 0.25) is 0 Å². The number of nitrogens with zero attached hydrogens (tertiary/aromatic N) is 2. The first-order valence-corrected chi connectivity index (χ1v) is 9.03. The molecule has 29 heavy (non-hydrogen) atoms. The number of nitrogens with one attached hydrogen (secondary N) is 2. The fraction of sp³-hybridized carbons (Fsp3) is 0.150. The maximum absolute atomic E-state index is 8.82. The average molecular weight is 416 g/mol. The monoisotopic (exact) mass is 415 g/mol. The third kappa shape index (κ3) is 5.20. The summed E-state index contributed by atoms with van der Waals surface area (Å²) in [5.74, 6) is 1.27. The minimum Gasteiger partial charge on any atom is -0.490 e. The summed E-state index contributed by atoms with van der Waals surface area (Å²) in [6, 6.07) is 15.2. The second-order valence-corrected chi connectivity index (χ2v) is 5.89. The Morgan fingerprint density at radius 1 is 1.17 bits per heavy atom. The molecule has 9 heteroatoms. The average Bonchev–Trinajstić information content (AvgIpc) is 3.43. The molecule has 0 amide bonds. The maximum Gasteiger partial charge on any atom is 0.156 e. The number of carbonyl (C=O) groups is 1. The molecule has 0 fully saturated rings. The molecule has 0 bridgehead atoms. The van der Waals surface area contributed by atoms with E-state index < -0.39 is 0 Å². The Morgan fingerprint density at radius 2 is 1.93 bits per heavy atom. The fourth-order valence-corrected chi connectivity index (χ4v) is 2.84. The van der Waals surface area contributed by atoms with Crippen molar-refractivity contribution in [2.24, 2.45) is 5.73 Å². The molecule has 5 N–H and O–H groups in total. The third-order valence-electron chi connectivity index (χ3n) is 3.80. The minimum absolute atomic E-state index is 0.0572. The number of hydrogen-bond acceptors (Lipinski definition) is 6. The molecule has 0 atom stereocenters. The van der Waals surface area contributed by atoms with E-state index in [0.29, 0.717) is 10.8 Å². The van der Waals surface area contributed by atoms with Crippen LogP contribution >= 0.6 is 11.6 Å². The lowest BCUT2D eigenvalue weighted by atomic mass is 10.1. The van der Waals surface area contributed by atoms with Crippen molar-refractivity contribution in [1.82, 2.24) is 20.2 Å². The predicted octanol–water partition coefficient (Wildman–Crippen LogP) is 3.03.